The molecular weight excluding hydrogens is 436 g/mol. The Morgan fingerprint density at radius 3 is 2.53 bits per heavy atom. The molecular formula is C23H21ClN2O2S2. The maximum absolute atomic E-state index is 13.2. The normalized spacial score (nSPS) is 15.5. The molecule has 0 bridgehead atoms. The maximum Gasteiger partial charge on any atom is 0.264 e. The average molecular weight is 457 g/mol. The van der Waals surface area contributed by atoms with Crippen LogP contribution in [0.5, 0.6) is 5.75 Å². The van der Waals surface area contributed by atoms with Crippen molar-refractivity contribution in [2.45, 2.75) is 10.6 Å². The highest BCUT2D eigenvalue weighted by Crippen LogP contribution is 2.46. The summed E-state index contributed by atoms with van der Waals surface area (Å²) >= 11 is 9.55. The summed E-state index contributed by atoms with van der Waals surface area (Å²) in [6.07, 6.45) is 0. The molecule has 3 aromatic rings. The molecule has 1 aromatic heterocycles. The molecule has 4 nitrogen and oxygen atoms in total. The van der Waals surface area contributed by atoms with Crippen molar-refractivity contribution in [2.75, 3.05) is 38.2 Å². The van der Waals surface area contributed by atoms with Crippen LogP contribution in [0, 0.1) is 0 Å². The minimum atomic E-state index is 0.143. The lowest BCUT2D eigenvalue weighted by atomic mass is 10.1. The third-order valence-electron chi connectivity index (χ3n) is 5.60. The van der Waals surface area contributed by atoms with Gasteiger partial charge in [-0.05, 0) is 48.0 Å². The summed E-state index contributed by atoms with van der Waals surface area (Å²) in [5.74, 6) is 1.89. The van der Waals surface area contributed by atoms with Crippen LogP contribution in [0.3, 0.4) is 0 Å². The Hall–Kier alpha value is -2.15. The molecule has 1 saturated heterocycles. The van der Waals surface area contributed by atoms with Gasteiger partial charge in [0.1, 0.15) is 5.75 Å². The number of amides is 1. The molecule has 0 spiro atoms. The smallest absolute Gasteiger partial charge is 0.264 e. The van der Waals surface area contributed by atoms with Crippen LogP contribution >= 0.6 is 34.7 Å². The van der Waals surface area contributed by atoms with Gasteiger partial charge in [-0.3, -0.25) is 4.79 Å². The number of ether oxygens (including phenoxy) is 1. The Balaban J connectivity index is 1.29. The van der Waals surface area contributed by atoms with Gasteiger partial charge in [-0.1, -0.05) is 17.7 Å². The van der Waals surface area contributed by atoms with E-state index in [0.29, 0.717) is 0 Å². The van der Waals surface area contributed by atoms with Gasteiger partial charge in [0.15, 0.2) is 0 Å². The van der Waals surface area contributed by atoms with Crippen molar-refractivity contribution >= 4 is 46.3 Å². The summed E-state index contributed by atoms with van der Waals surface area (Å²) in [6.45, 7) is 3.13. The Bertz CT molecular complexity index is 1090. The second-order valence-corrected chi connectivity index (χ2v) is 9.88. The van der Waals surface area contributed by atoms with Crippen LogP contribution < -0.4 is 9.64 Å². The van der Waals surface area contributed by atoms with Crippen molar-refractivity contribution in [1.82, 2.24) is 4.90 Å². The van der Waals surface area contributed by atoms with Crippen molar-refractivity contribution in [3.05, 3.63) is 64.0 Å². The van der Waals surface area contributed by atoms with E-state index in [2.05, 4.69) is 29.2 Å². The zero-order chi connectivity index (χ0) is 20.7. The van der Waals surface area contributed by atoms with E-state index < -0.39 is 0 Å². The van der Waals surface area contributed by atoms with Gasteiger partial charge in [0.25, 0.3) is 5.91 Å². The van der Waals surface area contributed by atoms with Crippen molar-refractivity contribution in [3.63, 3.8) is 0 Å². The number of thiophene rings is 1. The number of methoxy groups -OCH3 is 1. The lowest BCUT2D eigenvalue weighted by Crippen LogP contribution is -2.48. The summed E-state index contributed by atoms with van der Waals surface area (Å²) < 4.78 is 5.24. The molecule has 3 heterocycles. The topological polar surface area (TPSA) is 32.8 Å². The molecule has 0 atom stereocenters. The first-order valence-corrected chi connectivity index (χ1v) is 12.0. The number of fused-ring (bicyclic) bond motifs is 3. The number of nitrogens with zero attached hydrogens (tertiary/aromatic N) is 2. The number of hydrogen-bond acceptors (Lipinski definition) is 5. The first-order chi connectivity index (χ1) is 14.6. The van der Waals surface area contributed by atoms with E-state index in [1.807, 2.05) is 29.2 Å². The zero-order valence-corrected chi connectivity index (χ0v) is 18.9. The van der Waals surface area contributed by atoms with Gasteiger partial charge in [-0.25, -0.2) is 0 Å². The number of thioether (sulfide) groups is 1. The third kappa shape index (κ3) is 3.68. The lowest BCUT2D eigenvalue weighted by Gasteiger charge is -2.36. The van der Waals surface area contributed by atoms with Gasteiger partial charge in [0.2, 0.25) is 0 Å². The van der Waals surface area contributed by atoms with Crippen LogP contribution in [0.2, 0.25) is 5.02 Å². The molecule has 1 amide bonds. The molecule has 0 saturated carbocycles. The average Bonchev–Trinajstić information content (AvgIpc) is 3.23. The zero-order valence-electron chi connectivity index (χ0n) is 16.6. The molecule has 154 valence electrons. The molecule has 7 heteroatoms. The fourth-order valence-corrected chi connectivity index (χ4v) is 6.60. The summed E-state index contributed by atoms with van der Waals surface area (Å²) in [6, 6.07) is 16.2. The number of piperazine rings is 1. The van der Waals surface area contributed by atoms with Crippen molar-refractivity contribution in [3.8, 4) is 16.2 Å². The molecule has 30 heavy (non-hydrogen) atoms. The molecule has 5 rings (SSSR count). The minimum Gasteiger partial charge on any atom is -0.497 e. The fraction of sp³-hybridized carbons (Fsp3) is 0.261. The van der Waals surface area contributed by atoms with Gasteiger partial charge >= 0.3 is 0 Å². The van der Waals surface area contributed by atoms with Crippen LogP contribution in [0.15, 0.2) is 53.4 Å². The second-order valence-electron chi connectivity index (χ2n) is 7.37. The van der Waals surface area contributed by atoms with E-state index in [4.69, 9.17) is 16.3 Å². The number of rotatable bonds is 3. The van der Waals surface area contributed by atoms with Crippen LogP contribution in [-0.4, -0.2) is 44.1 Å². The number of halogens is 1. The van der Waals surface area contributed by atoms with Gasteiger partial charge in [-0.15, -0.1) is 23.1 Å². The highest BCUT2D eigenvalue weighted by Gasteiger charge is 2.27. The van der Waals surface area contributed by atoms with Crippen LogP contribution in [0.25, 0.3) is 10.4 Å². The van der Waals surface area contributed by atoms with Gasteiger partial charge < -0.3 is 14.5 Å². The van der Waals surface area contributed by atoms with Gasteiger partial charge in [-0.2, -0.15) is 0 Å². The molecule has 2 aromatic carbocycles. The molecule has 0 unspecified atom stereocenters. The molecule has 0 N–H and O–H groups in total. The van der Waals surface area contributed by atoms with Crippen LogP contribution in [-0.2, 0) is 5.75 Å². The highest BCUT2D eigenvalue weighted by atomic mass is 35.5. The fourth-order valence-electron chi connectivity index (χ4n) is 3.94. The summed E-state index contributed by atoms with van der Waals surface area (Å²) in [7, 11) is 1.67. The summed E-state index contributed by atoms with van der Waals surface area (Å²) in [5, 5.41) is 0.757. The Morgan fingerprint density at radius 2 is 1.80 bits per heavy atom. The van der Waals surface area contributed by atoms with Crippen molar-refractivity contribution in [2.24, 2.45) is 0 Å². The molecule has 2 aliphatic heterocycles. The number of carbonyl (C=O) groups excluding carboxylic acids is 1. The molecule has 2 aliphatic rings. The number of benzene rings is 2. The van der Waals surface area contributed by atoms with Gasteiger partial charge in [0, 0.05) is 58.0 Å². The number of anilines is 1. The SMILES string of the molecule is COc1ccc(N2CCN(C(=O)c3cc4c(s3)-c3ccc(Cl)cc3SC4)CC2)cc1. The predicted octanol–water partition coefficient (Wildman–Crippen LogP) is 5.65. The van der Waals surface area contributed by atoms with Crippen LogP contribution in [0.1, 0.15) is 15.2 Å². The Labute approximate surface area is 189 Å². The highest BCUT2D eigenvalue weighted by molar-refractivity contribution is 7.98. The Morgan fingerprint density at radius 1 is 1.03 bits per heavy atom. The second kappa shape index (κ2) is 8.17. The number of carbonyl (C=O) groups is 1. The first kappa shape index (κ1) is 19.8. The van der Waals surface area contributed by atoms with E-state index in [9.17, 15) is 4.79 Å². The predicted molar refractivity (Wildman–Crippen MR) is 125 cm³/mol. The summed E-state index contributed by atoms with van der Waals surface area (Å²) in [5.41, 5.74) is 3.61. The standard InChI is InChI=1S/C23H21ClN2O2S2/c1-28-18-5-3-17(4-6-18)25-8-10-26(11-9-25)23(27)21-12-15-14-29-20-13-16(24)2-7-19(20)22(15)30-21/h2-7,12-13H,8-11,14H2,1H3. The van der Waals surface area contributed by atoms with Gasteiger partial charge in [0.05, 0.1) is 12.0 Å². The minimum absolute atomic E-state index is 0.143. The quantitative estimate of drug-likeness (QED) is 0.510. The lowest BCUT2D eigenvalue weighted by molar-refractivity contribution is 0.0751. The maximum atomic E-state index is 13.2. The third-order valence-corrected chi connectivity index (χ3v) is 8.13. The molecule has 0 radical (unpaired) electrons. The summed E-state index contributed by atoms with van der Waals surface area (Å²) in [4.78, 5) is 20.7. The van der Waals surface area contributed by atoms with E-state index in [1.165, 1.54) is 26.6 Å². The van der Waals surface area contributed by atoms with Crippen molar-refractivity contribution in [1.29, 1.82) is 0 Å². The Kier molecular flexibility index (Phi) is 5.39. The largest absolute Gasteiger partial charge is 0.497 e. The first-order valence-electron chi connectivity index (χ1n) is 9.86. The number of hydrogen-bond donors (Lipinski definition) is 0. The van der Waals surface area contributed by atoms with E-state index in [-0.39, 0.29) is 5.91 Å². The molecule has 0 aliphatic carbocycles. The van der Waals surface area contributed by atoms with Crippen LogP contribution in [0.4, 0.5) is 5.69 Å². The monoisotopic (exact) mass is 456 g/mol. The molecule has 1 fully saturated rings. The van der Waals surface area contributed by atoms with Crippen molar-refractivity contribution < 1.29 is 9.53 Å². The van der Waals surface area contributed by atoms with E-state index in [0.717, 1.165) is 47.6 Å². The van der Waals surface area contributed by atoms with E-state index in [1.54, 1.807) is 30.2 Å². The van der Waals surface area contributed by atoms with E-state index >= 15 is 0 Å².